The molecule has 2 heterocycles. The Hall–Kier alpha value is -2.57. The van der Waals surface area contributed by atoms with Crippen LogP contribution >= 0.6 is 15.9 Å². The first-order valence-corrected chi connectivity index (χ1v) is 10.6. The van der Waals surface area contributed by atoms with Crippen LogP contribution in [-0.4, -0.2) is 28.5 Å². The molecule has 0 radical (unpaired) electrons. The van der Waals surface area contributed by atoms with Gasteiger partial charge in [0.15, 0.2) is 0 Å². The average molecular weight is 470 g/mol. The number of halogens is 1. The molecule has 6 heteroatoms. The summed E-state index contributed by atoms with van der Waals surface area (Å²) in [7, 11) is 1.62. The molecule has 0 amide bonds. The van der Waals surface area contributed by atoms with Gasteiger partial charge in [0.05, 0.1) is 13.7 Å². The molecule has 0 saturated heterocycles. The highest BCUT2D eigenvalue weighted by Gasteiger charge is 2.44. The van der Waals surface area contributed by atoms with Crippen molar-refractivity contribution in [2.24, 2.45) is 0 Å². The van der Waals surface area contributed by atoms with E-state index in [0.29, 0.717) is 17.9 Å². The van der Waals surface area contributed by atoms with Gasteiger partial charge in [-0.25, -0.2) is 0 Å². The lowest BCUT2D eigenvalue weighted by molar-refractivity contribution is -0.0514. The number of pyridine rings is 1. The number of ether oxygens (including phenoxy) is 2. The van der Waals surface area contributed by atoms with Gasteiger partial charge in [-0.3, -0.25) is 4.79 Å². The Morgan fingerprint density at radius 3 is 2.57 bits per heavy atom. The van der Waals surface area contributed by atoms with Gasteiger partial charge in [-0.1, -0.05) is 34.1 Å². The van der Waals surface area contributed by atoms with Crippen LogP contribution in [0.3, 0.4) is 0 Å². The molecule has 0 fully saturated rings. The van der Waals surface area contributed by atoms with Gasteiger partial charge in [0.1, 0.15) is 23.2 Å². The van der Waals surface area contributed by atoms with E-state index in [1.54, 1.807) is 23.9 Å². The number of hydrogen-bond acceptors (Lipinski definition) is 4. The van der Waals surface area contributed by atoms with Crippen LogP contribution in [0.25, 0.3) is 0 Å². The van der Waals surface area contributed by atoms with Gasteiger partial charge >= 0.3 is 0 Å². The second-order valence-corrected chi connectivity index (χ2v) is 8.97. The summed E-state index contributed by atoms with van der Waals surface area (Å²) < 4.78 is 13.8. The van der Waals surface area contributed by atoms with Gasteiger partial charge in [-0.05, 0) is 55.8 Å². The quantitative estimate of drug-likeness (QED) is 0.617. The normalized spacial score (nSPS) is 19.6. The van der Waals surface area contributed by atoms with Gasteiger partial charge in [-0.15, -0.1) is 0 Å². The van der Waals surface area contributed by atoms with Gasteiger partial charge in [-0.2, -0.15) is 0 Å². The minimum Gasteiger partial charge on any atom is -0.497 e. The van der Waals surface area contributed by atoms with E-state index < -0.39 is 17.6 Å². The lowest BCUT2D eigenvalue weighted by Gasteiger charge is -2.42. The second-order valence-electron chi connectivity index (χ2n) is 8.05. The fourth-order valence-corrected chi connectivity index (χ4v) is 4.33. The minimum absolute atomic E-state index is 0.124. The summed E-state index contributed by atoms with van der Waals surface area (Å²) in [4.78, 5) is 13.4. The van der Waals surface area contributed by atoms with Crippen LogP contribution in [0.2, 0.25) is 0 Å². The largest absolute Gasteiger partial charge is 0.497 e. The monoisotopic (exact) mass is 469 g/mol. The van der Waals surface area contributed by atoms with Crippen molar-refractivity contribution in [3.63, 3.8) is 0 Å². The molecule has 1 aromatic heterocycles. The third kappa shape index (κ3) is 3.77. The predicted molar refractivity (Wildman–Crippen MR) is 119 cm³/mol. The van der Waals surface area contributed by atoms with Crippen molar-refractivity contribution in [1.29, 1.82) is 0 Å². The van der Waals surface area contributed by atoms with Crippen LogP contribution in [0, 0.1) is 0 Å². The minimum atomic E-state index is -0.871. The number of fused-ring (bicyclic) bond motifs is 1. The standard InChI is InChI=1S/C24H24BrNO4/c1-24(2)22(27)21(19-13-16(25)8-11-20(19)30-24)18-5-4-12-26(23(18)28)14-15-6-9-17(29-3)10-7-15/h4-13,21-22,27H,14H2,1-3H3. The summed E-state index contributed by atoms with van der Waals surface area (Å²) in [5.41, 5.74) is 1.39. The molecule has 0 bridgehead atoms. The molecule has 156 valence electrons. The smallest absolute Gasteiger partial charge is 0.254 e. The Morgan fingerprint density at radius 2 is 1.87 bits per heavy atom. The first kappa shape index (κ1) is 20.7. The molecule has 0 aliphatic carbocycles. The van der Waals surface area contributed by atoms with Crippen molar-refractivity contribution >= 4 is 15.9 Å². The highest BCUT2D eigenvalue weighted by atomic mass is 79.9. The van der Waals surface area contributed by atoms with Crippen LogP contribution in [0.1, 0.15) is 36.5 Å². The van der Waals surface area contributed by atoms with E-state index in [0.717, 1.165) is 21.3 Å². The molecular weight excluding hydrogens is 446 g/mol. The van der Waals surface area contributed by atoms with E-state index in [-0.39, 0.29) is 5.56 Å². The number of methoxy groups -OCH3 is 1. The molecule has 4 rings (SSSR count). The number of aromatic nitrogens is 1. The van der Waals surface area contributed by atoms with Crippen LogP contribution in [0.15, 0.2) is 70.1 Å². The van der Waals surface area contributed by atoms with Gasteiger partial charge in [0, 0.05) is 27.7 Å². The zero-order valence-corrected chi connectivity index (χ0v) is 18.7. The maximum absolute atomic E-state index is 13.4. The molecule has 5 nitrogen and oxygen atoms in total. The number of rotatable bonds is 4. The number of hydrogen-bond donors (Lipinski definition) is 1. The lowest BCUT2D eigenvalue weighted by Crippen LogP contribution is -2.50. The van der Waals surface area contributed by atoms with Gasteiger partial charge in [0.2, 0.25) is 0 Å². The van der Waals surface area contributed by atoms with Gasteiger partial charge < -0.3 is 19.1 Å². The third-order valence-electron chi connectivity index (χ3n) is 5.60. The summed E-state index contributed by atoms with van der Waals surface area (Å²) in [6, 6.07) is 17.0. The van der Waals surface area contributed by atoms with E-state index in [9.17, 15) is 9.90 Å². The zero-order valence-electron chi connectivity index (χ0n) is 17.1. The number of nitrogens with zero attached hydrogens (tertiary/aromatic N) is 1. The topological polar surface area (TPSA) is 60.7 Å². The van der Waals surface area contributed by atoms with Crippen LogP contribution in [0.4, 0.5) is 0 Å². The highest BCUT2D eigenvalue weighted by Crippen LogP contribution is 2.44. The fraction of sp³-hybridized carbons (Fsp3) is 0.292. The molecule has 3 aromatic rings. The molecule has 2 atom stereocenters. The number of aliphatic hydroxyl groups is 1. The van der Waals surface area contributed by atoms with Crippen molar-refractivity contribution in [1.82, 2.24) is 4.57 Å². The molecule has 1 aliphatic rings. The van der Waals surface area contributed by atoms with Crippen LogP contribution in [0.5, 0.6) is 11.5 Å². The van der Waals surface area contributed by atoms with Crippen molar-refractivity contribution in [2.75, 3.05) is 7.11 Å². The highest BCUT2D eigenvalue weighted by molar-refractivity contribution is 9.10. The van der Waals surface area contributed by atoms with Crippen molar-refractivity contribution < 1.29 is 14.6 Å². The van der Waals surface area contributed by atoms with Crippen molar-refractivity contribution in [3.05, 3.63) is 92.3 Å². The molecule has 2 aromatic carbocycles. The van der Waals surface area contributed by atoms with E-state index >= 15 is 0 Å². The zero-order chi connectivity index (χ0) is 21.5. The summed E-state index contributed by atoms with van der Waals surface area (Å²) >= 11 is 3.50. The number of aliphatic hydroxyl groups excluding tert-OH is 1. The van der Waals surface area contributed by atoms with E-state index in [4.69, 9.17) is 9.47 Å². The summed E-state index contributed by atoms with van der Waals surface area (Å²) in [6.45, 7) is 4.12. The summed E-state index contributed by atoms with van der Waals surface area (Å²) in [5.74, 6) is 0.968. The summed E-state index contributed by atoms with van der Waals surface area (Å²) in [6.07, 6.45) is 0.901. The third-order valence-corrected chi connectivity index (χ3v) is 6.10. The van der Waals surface area contributed by atoms with Crippen molar-refractivity contribution in [3.8, 4) is 11.5 Å². The molecule has 2 unspecified atom stereocenters. The Kier molecular flexibility index (Phi) is 5.47. The SMILES string of the molecule is COc1ccc(Cn2cccc(C3c4cc(Br)ccc4OC(C)(C)C3O)c2=O)cc1. The maximum Gasteiger partial charge on any atom is 0.254 e. The molecule has 0 spiro atoms. The Labute approximate surface area is 184 Å². The van der Waals surface area contributed by atoms with E-state index in [1.165, 1.54) is 0 Å². The van der Waals surface area contributed by atoms with Crippen LogP contribution < -0.4 is 15.0 Å². The average Bonchev–Trinajstić information content (AvgIpc) is 2.72. The Morgan fingerprint density at radius 1 is 1.13 bits per heavy atom. The first-order chi connectivity index (χ1) is 14.3. The van der Waals surface area contributed by atoms with E-state index in [2.05, 4.69) is 15.9 Å². The molecule has 1 N–H and O–H groups in total. The molecular formula is C24H24BrNO4. The Bertz CT molecular complexity index is 1120. The van der Waals surface area contributed by atoms with Gasteiger partial charge in [0.25, 0.3) is 5.56 Å². The second kappa shape index (κ2) is 7.93. The first-order valence-electron chi connectivity index (χ1n) is 9.79. The summed E-state index contributed by atoms with van der Waals surface area (Å²) in [5, 5.41) is 11.1. The fourth-order valence-electron chi connectivity index (χ4n) is 3.95. The lowest BCUT2D eigenvalue weighted by atomic mass is 9.78. The maximum atomic E-state index is 13.4. The molecule has 1 aliphatic heterocycles. The molecule has 30 heavy (non-hydrogen) atoms. The number of benzene rings is 2. The molecule has 0 saturated carbocycles. The predicted octanol–water partition coefficient (Wildman–Crippen LogP) is 4.33. The van der Waals surface area contributed by atoms with E-state index in [1.807, 2.05) is 62.4 Å². The van der Waals surface area contributed by atoms with Crippen molar-refractivity contribution in [2.45, 2.75) is 38.0 Å². The Balaban J connectivity index is 1.78. The van der Waals surface area contributed by atoms with Crippen LogP contribution in [-0.2, 0) is 6.54 Å².